The van der Waals surface area contributed by atoms with E-state index in [9.17, 15) is 0 Å². The van der Waals surface area contributed by atoms with Crippen LogP contribution >= 0.6 is 27.3 Å². The Morgan fingerprint density at radius 2 is 1.92 bits per heavy atom. The number of benzene rings is 2. The predicted octanol–water partition coefficient (Wildman–Crippen LogP) is 5.39. The normalized spacial score (nSPS) is 18.0. The largest absolute Gasteiger partial charge is 0.376 e. The number of halogens is 1. The van der Waals surface area contributed by atoms with Crippen molar-refractivity contribution in [3.05, 3.63) is 69.3 Å². The summed E-state index contributed by atoms with van der Waals surface area (Å²) in [5.41, 5.74) is 3.38. The number of para-hydroxylation sites is 1. The lowest BCUT2D eigenvalue weighted by Gasteiger charge is -2.14. The molecule has 0 radical (unpaired) electrons. The molecule has 0 aliphatic carbocycles. The molecule has 1 aliphatic rings. The van der Waals surface area contributed by atoms with Crippen molar-refractivity contribution in [2.75, 3.05) is 6.61 Å². The molecule has 3 nitrogen and oxygen atoms in total. The first-order valence-corrected chi connectivity index (χ1v) is 10.1. The Labute approximate surface area is 159 Å². The van der Waals surface area contributed by atoms with Gasteiger partial charge < -0.3 is 9.30 Å². The summed E-state index contributed by atoms with van der Waals surface area (Å²) in [5, 5.41) is 2.19. The first kappa shape index (κ1) is 16.8. The highest BCUT2D eigenvalue weighted by Gasteiger charge is 2.19. The fraction of sp³-hybridized carbons (Fsp3) is 0.250. The van der Waals surface area contributed by atoms with Crippen LogP contribution in [0.5, 0.6) is 0 Å². The van der Waals surface area contributed by atoms with Gasteiger partial charge in [-0.3, -0.25) is 0 Å². The number of hydrogen-bond donors (Lipinski definition) is 0. The highest BCUT2D eigenvalue weighted by atomic mass is 79.9. The molecular formula is C20H19BrN2OS. The highest BCUT2D eigenvalue weighted by Crippen LogP contribution is 2.25. The Balaban J connectivity index is 1.78. The van der Waals surface area contributed by atoms with Crippen LogP contribution in [0, 0.1) is 0 Å². The van der Waals surface area contributed by atoms with Gasteiger partial charge in [-0.05, 0) is 42.7 Å². The second-order valence-electron chi connectivity index (χ2n) is 6.10. The van der Waals surface area contributed by atoms with E-state index < -0.39 is 0 Å². The lowest BCUT2D eigenvalue weighted by molar-refractivity contribution is 0.0968. The molecule has 4 rings (SSSR count). The summed E-state index contributed by atoms with van der Waals surface area (Å²) >= 11 is 5.20. The fourth-order valence-corrected chi connectivity index (χ4v) is 4.25. The van der Waals surface area contributed by atoms with Crippen LogP contribution in [0.2, 0.25) is 0 Å². The molecule has 25 heavy (non-hydrogen) atoms. The summed E-state index contributed by atoms with van der Waals surface area (Å²) in [4.78, 5) is 5.88. The van der Waals surface area contributed by atoms with Gasteiger partial charge in [0.1, 0.15) is 0 Å². The standard InChI is InChI=1S/C20H19BrN2OS/c21-16-10-8-15(9-11-16)19-14-25-20(22-17-5-2-1-3-6-17)23(19)13-18-7-4-12-24-18/h1-3,5-6,8-11,14,18H,4,7,12-13H2. The summed E-state index contributed by atoms with van der Waals surface area (Å²) in [7, 11) is 0. The van der Waals surface area contributed by atoms with Gasteiger partial charge in [-0.25, -0.2) is 4.99 Å². The third kappa shape index (κ3) is 3.94. The Morgan fingerprint density at radius 1 is 1.12 bits per heavy atom. The smallest absolute Gasteiger partial charge is 0.190 e. The molecule has 0 bridgehead atoms. The summed E-state index contributed by atoms with van der Waals surface area (Å²) in [6.45, 7) is 1.72. The number of hydrogen-bond acceptors (Lipinski definition) is 3. The van der Waals surface area contributed by atoms with Crippen molar-refractivity contribution in [1.82, 2.24) is 4.57 Å². The maximum Gasteiger partial charge on any atom is 0.190 e. The van der Waals surface area contributed by atoms with Crippen LogP contribution in [0.15, 0.2) is 69.4 Å². The SMILES string of the molecule is Brc1ccc(-c2csc(=Nc3ccccc3)n2CC2CCCO2)cc1. The van der Waals surface area contributed by atoms with Gasteiger partial charge in [0.05, 0.1) is 24.0 Å². The van der Waals surface area contributed by atoms with E-state index in [1.165, 1.54) is 11.3 Å². The topological polar surface area (TPSA) is 26.5 Å². The maximum atomic E-state index is 5.88. The Bertz CT molecular complexity index is 893. The third-order valence-electron chi connectivity index (χ3n) is 4.33. The van der Waals surface area contributed by atoms with E-state index >= 15 is 0 Å². The molecule has 1 fully saturated rings. The summed E-state index contributed by atoms with van der Waals surface area (Å²) in [6.07, 6.45) is 2.54. The zero-order valence-corrected chi connectivity index (χ0v) is 16.2. The second kappa shape index (κ2) is 7.68. The van der Waals surface area contributed by atoms with Gasteiger partial charge in [0, 0.05) is 16.5 Å². The molecule has 1 aromatic heterocycles. The van der Waals surface area contributed by atoms with Gasteiger partial charge in [-0.1, -0.05) is 46.3 Å². The summed E-state index contributed by atoms with van der Waals surface area (Å²) < 4.78 is 9.27. The molecule has 5 heteroatoms. The minimum atomic E-state index is 0.276. The molecule has 2 heterocycles. The minimum Gasteiger partial charge on any atom is -0.376 e. The van der Waals surface area contributed by atoms with E-state index in [4.69, 9.17) is 9.73 Å². The van der Waals surface area contributed by atoms with Crippen molar-refractivity contribution in [2.24, 2.45) is 4.99 Å². The van der Waals surface area contributed by atoms with Gasteiger partial charge in [-0.2, -0.15) is 0 Å². The quantitative estimate of drug-likeness (QED) is 0.561. The molecule has 1 saturated heterocycles. The zero-order valence-electron chi connectivity index (χ0n) is 13.8. The first-order chi connectivity index (χ1) is 12.3. The molecule has 128 valence electrons. The number of rotatable bonds is 4. The van der Waals surface area contributed by atoms with Crippen LogP contribution in [0.3, 0.4) is 0 Å². The second-order valence-corrected chi connectivity index (χ2v) is 7.86. The lowest BCUT2D eigenvalue weighted by Crippen LogP contribution is -2.23. The Kier molecular flexibility index (Phi) is 5.15. The fourth-order valence-electron chi connectivity index (χ4n) is 3.05. The molecule has 1 aliphatic heterocycles. The average Bonchev–Trinajstić information content (AvgIpc) is 3.28. The molecular weight excluding hydrogens is 396 g/mol. The van der Waals surface area contributed by atoms with E-state index in [0.717, 1.165) is 41.0 Å². The van der Waals surface area contributed by atoms with Crippen LogP contribution in [0.4, 0.5) is 5.69 Å². The molecule has 1 atom stereocenters. The number of thiazole rings is 1. The monoisotopic (exact) mass is 414 g/mol. The molecule has 3 aromatic rings. The van der Waals surface area contributed by atoms with Crippen molar-refractivity contribution in [3.63, 3.8) is 0 Å². The van der Waals surface area contributed by atoms with Gasteiger partial charge in [-0.15, -0.1) is 11.3 Å². The molecule has 2 aromatic carbocycles. The van der Waals surface area contributed by atoms with Gasteiger partial charge in [0.15, 0.2) is 4.80 Å². The highest BCUT2D eigenvalue weighted by molar-refractivity contribution is 9.10. The Hall–Kier alpha value is -1.69. The van der Waals surface area contributed by atoms with Crippen molar-refractivity contribution in [3.8, 4) is 11.3 Å². The lowest BCUT2D eigenvalue weighted by atomic mass is 10.1. The summed E-state index contributed by atoms with van der Waals surface area (Å²) in [5.74, 6) is 0. The Morgan fingerprint density at radius 3 is 2.64 bits per heavy atom. The number of nitrogens with zero attached hydrogens (tertiary/aromatic N) is 2. The van der Waals surface area contributed by atoms with E-state index in [2.05, 4.69) is 50.1 Å². The average molecular weight is 415 g/mol. The maximum absolute atomic E-state index is 5.88. The molecule has 1 unspecified atom stereocenters. The zero-order chi connectivity index (χ0) is 17.1. The first-order valence-electron chi connectivity index (χ1n) is 8.45. The van der Waals surface area contributed by atoms with Crippen LogP contribution in [0.25, 0.3) is 11.3 Å². The molecule has 0 amide bonds. The van der Waals surface area contributed by atoms with E-state index in [1.807, 2.05) is 30.3 Å². The van der Waals surface area contributed by atoms with Crippen molar-refractivity contribution >= 4 is 33.0 Å². The van der Waals surface area contributed by atoms with E-state index in [1.54, 1.807) is 11.3 Å². The van der Waals surface area contributed by atoms with Gasteiger partial charge >= 0.3 is 0 Å². The third-order valence-corrected chi connectivity index (χ3v) is 5.72. The van der Waals surface area contributed by atoms with E-state index in [0.29, 0.717) is 0 Å². The molecule has 0 saturated carbocycles. The summed E-state index contributed by atoms with van der Waals surface area (Å²) in [6, 6.07) is 18.6. The van der Waals surface area contributed by atoms with Gasteiger partial charge in [0.25, 0.3) is 0 Å². The van der Waals surface area contributed by atoms with E-state index in [-0.39, 0.29) is 6.10 Å². The van der Waals surface area contributed by atoms with Crippen LogP contribution in [-0.4, -0.2) is 17.3 Å². The van der Waals surface area contributed by atoms with Gasteiger partial charge in [0.2, 0.25) is 0 Å². The number of aromatic nitrogens is 1. The van der Waals surface area contributed by atoms with Crippen molar-refractivity contribution in [1.29, 1.82) is 0 Å². The van der Waals surface area contributed by atoms with Crippen LogP contribution in [0.1, 0.15) is 12.8 Å². The minimum absolute atomic E-state index is 0.276. The van der Waals surface area contributed by atoms with Crippen LogP contribution < -0.4 is 4.80 Å². The molecule has 0 spiro atoms. The predicted molar refractivity (Wildman–Crippen MR) is 106 cm³/mol. The van der Waals surface area contributed by atoms with Crippen molar-refractivity contribution < 1.29 is 4.74 Å². The number of ether oxygens (including phenoxy) is 1. The van der Waals surface area contributed by atoms with Crippen molar-refractivity contribution in [2.45, 2.75) is 25.5 Å². The molecule has 0 N–H and O–H groups in total. The van der Waals surface area contributed by atoms with Crippen LogP contribution in [-0.2, 0) is 11.3 Å².